The molecule has 0 aromatic heterocycles. The summed E-state index contributed by atoms with van der Waals surface area (Å²) < 4.78 is 40.4. The van der Waals surface area contributed by atoms with E-state index in [4.69, 9.17) is 0 Å². The predicted molar refractivity (Wildman–Crippen MR) is 108 cm³/mol. The lowest BCUT2D eigenvalue weighted by atomic mass is 9.93. The van der Waals surface area contributed by atoms with Gasteiger partial charge in [0.25, 0.3) is 0 Å². The smallest absolute Gasteiger partial charge is 0.406 e. The zero-order chi connectivity index (χ0) is 20.0. The van der Waals surface area contributed by atoms with Crippen molar-refractivity contribution in [2.45, 2.75) is 56.6 Å². The Hall–Kier alpha value is -2.19. The lowest BCUT2D eigenvalue weighted by Crippen LogP contribution is -2.19. The molecule has 1 aliphatic heterocycles. The van der Waals surface area contributed by atoms with E-state index in [1.165, 1.54) is 67.2 Å². The molecule has 0 aliphatic carbocycles. The van der Waals surface area contributed by atoms with Crippen LogP contribution in [0.1, 0.15) is 48.8 Å². The van der Waals surface area contributed by atoms with Crippen molar-refractivity contribution in [1.29, 1.82) is 0 Å². The predicted octanol–water partition coefficient (Wildman–Crippen LogP) is 6.77. The van der Waals surface area contributed by atoms with Crippen LogP contribution in [-0.2, 0) is 0 Å². The molecule has 1 nitrogen and oxygen atoms in total. The van der Waals surface area contributed by atoms with Crippen molar-refractivity contribution in [3.05, 3.63) is 65.2 Å². The second kappa shape index (κ2) is 9.34. The number of halogens is 3. The standard InChI is InChI=1S/C23H24F3OSi/c1-2-15-28-16-13-21(14-17-28)20-9-5-18(6-10-20)3-4-19-7-11-22(12-8-19)27-23(24,25)26/h5-12,21H,2,13-17H2,1H3. The van der Waals surface area contributed by atoms with Crippen LogP contribution in [0.4, 0.5) is 13.2 Å². The van der Waals surface area contributed by atoms with Gasteiger partial charge < -0.3 is 4.74 Å². The molecule has 5 heteroatoms. The highest BCUT2D eigenvalue weighted by molar-refractivity contribution is 6.59. The molecule has 0 spiro atoms. The maximum absolute atomic E-state index is 12.2. The van der Waals surface area contributed by atoms with Crippen LogP contribution in [-0.4, -0.2) is 15.2 Å². The van der Waals surface area contributed by atoms with Crippen molar-refractivity contribution < 1.29 is 17.9 Å². The number of benzene rings is 2. The van der Waals surface area contributed by atoms with Gasteiger partial charge in [0.2, 0.25) is 0 Å². The highest BCUT2D eigenvalue weighted by atomic mass is 28.3. The summed E-state index contributed by atoms with van der Waals surface area (Å²) in [4.78, 5) is 0. The van der Waals surface area contributed by atoms with Crippen molar-refractivity contribution in [3.8, 4) is 17.6 Å². The third kappa shape index (κ3) is 6.17. The van der Waals surface area contributed by atoms with Crippen molar-refractivity contribution in [1.82, 2.24) is 0 Å². The second-order valence-electron chi connectivity index (χ2n) is 7.22. The van der Waals surface area contributed by atoms with Crippen molar-refractivity contribution in [2.24, 2.45) is 0 Å². The minimum Gasteiger partial charge on any atom is -0.406 e. The molecule has 0 bridgehead atoms. The molecule has 1 heterocycles. The second-order valence-corrected chi connectivity index (χ2v) is 10.2. The Balaban J connectivity index is 1.58. The van der Waals surface area contributed by atoms with E-state index in [0.717, 1.165) is 5.56 Å². The maximum atomic E-state index is 12.2. The molecule has 1 aliphatic rings. The molecule has 1 fully saturated rings. The first-order chi connectivity index (χ1) is 13.4. The summed E-state index contributed by atoms with van der Waals surface area (Å²) in [6, 6.07) is 18.3. The van der Waals surface area contributed by atoms with E-state index in [1.54, 1.807) is 0 Å². The Morgan fingerprint density at radius 1 is 0.929 bits per heavy atom. The first-order valence-corrected chi connectivity index (χ1v) is 11.9. The Morgan fingerprint density at radius 2 is 1.46 bits per heavy atom. The minimum atomic E-state index is -4.67. The first-order valence-electron chi connectivity index (χ1n) is 9.74. The molecule has 2 aromatic carbocycles. The van der Waals surface area contributed by atoms with Crippen LogP contribution < -0.4 is 4.74 Å². The first kappa shape index (κ1) is 20.5. The van der Waals surface area contributed by atoms with E-state index in [-0.39, 0.29) is 14.5 Å². The number of ether oxygens (including phenoxy) is 1. The third-order valence-corrected chi connectivity index (χ3v) is 8.32. The fourth-order valence-electron chi connectivity index (χ4n) is 3.69. The molecule has 0 N–H and O–H groups in total. The van der Waals surface area contributed by atoms with Gasteiger partial charge >= 0.3 is 6.36 Å². The Morgan fingerprint density at radius 3 is 1.96 bits per heavy atom. The number of rotatable bonds is 4. The summed E-state index contributed by atoms with van der Waals surface area (Å²) in [6.07, 6.45) is -0.729. The maximum Gasteiger partial charge on any atom is 0.573 e. The molecule has 1 radical (unpaired) electrons. The van der Waals surface area contributed by atoms with Gasteiger partial charge in [0.05, 0.1) is 0 Å². The molecule has 28 heavy (non-hydrogen) atoms. The Bertz CT molecular complexity index is 808. The minimum absolute atomic E-state index is 0.0921. The van der Waals surface area contributed by atoms with E-state index in [1.807, 2.05) is 12.1 Å². The van der Waals surface area contributed by atoms with E-state index in [9.17, 15) is 13.2 Å². The Labute approximate surface area is 166 Å². The van der Waals surface area contributed by atoms with Gasteiger partial charge in [-0.15, -0.1) is 13.2 Å². The normalized spacial score (nSPS) is 15.7. The van der Waals surface area contributed by atoms with Crippen LogP contribution in [0.5, 0.6) is 5.75 Å². The number of hydrogen-bond acceptors (Lipinski definition) is 1. The van der Waals surface area contributed by atoms with Crippen LogP contribution in [0.2, 0.25) is 18.1 Å². The van der Waals surface area contributed by atoms with E-state index < -0.39 is 6.36 Å². The molecular formula is C23H24F3OSi. The molecule has 3 rings (SSSR count). The summed E-state index contributed by atoms with van der Waals surface area (Å²) in [5, 5.41) is 0. The van der Waals surface area contributed by atoms with Gasteiger partial charge in [-0.2, -0.15) is 0 Å². The summed E-state index contributed by atoms with van der Waals surface area (Å²) >= 11 is 0. The lowest BCUT2D eigenvalue weighted by Gasteiger charge is -2.27. The molecular weight excluding hydrogens is 377 g/mol. The van der Waals surface area contributed by atoms with Crippen molar-refractivity contribution >= 4 is 8.80 Å². The molecule has 0 unspecified atom stereocenters. The van der Waals surface area contributed by atoms with Gasteiger partial charge in [0.1, 0.15) is 5.75 Å². The molecule has 147 valence electrons. The lowest BCUT2D eigenvalue weighted by molar-refractivity contribution is -0.274. The van der Waals surface area contributed by atoms with Gasteiger partial charge in [-0.25, -0.2) is 0 Å². The molecule has 2 aromatic rings. The zero-order valence-electron chi connectivity index (χ0n) is 16.0. The van der Waals surface area contributed by atoms with Crippen LogP contribution in [0.15, 0.2) is 48.5 Å². The molecule has 0 saturated carbocycles. The summed E-state index contributed by atoms with van der Waals surface area (Å²) in [5.41, 5.74) is 2.96. The fourth-order valence-corrected chi connectivity index (χ4v) is 6.66. The number of hydrogen-bond donors (Lipinski definition) is 0. The zero-order valence-corrected chi connectivity index (χ0v) is 17.0. The van der Waals surface area contributed by atoms with Crippen LogP contribution >= 0.6 is 0 Å². The Kier molecular flexibility index (Phi) is 6.85. The quantitative estimate of drug-likeness (QED) is 0.406. The van der Waals surface area contributed by atoms with Gasteiger partial charge in [0, 0.05) is 19.9 Å². The summed E-state index contributed by atoms with van der Waals surface area (Å²) in [7, 11) is -0.0921. The average molecular weight is 402 g/mol. The van der Waals surface area contributed by atoms with Gasteiger partial charge in [-0.05, 0) is 60.7 Å². The van der Waals surface area contributed by atoms with Gasteiger partial charge in [0.15, 0.2) is 0 Å². The largest absolute Gasteiger partial charge is 0.573 e. The fraction of sp³-hybridized carbons (Fsp3) is 0.391. The molecule has 0 amide bonds. The monoisotopic (exact) mass is 401 g/mol. The van der Waals surface area contributed by atoms with Crippen LogP contribution in [0.3, 0.4) is 0 Å². The van der Waals surface area contributed by atoms with Crippen molar-refractivity contribution in [3.63, 3.8) is 0 Å². The highest BCUT2D eigenvalue weighted by Gasteiger charge is 2.30. The molecule has 1 saturated heterocycles. The third-order valence-electron chi connectivity index (χ3n) is 5.12. The summed E-state index contributed by atoms with van der Waals surface area (Å²) in [6.45, 7) is 2.29. The van der Waals surface area contributed by atoms with Crippen LogP contribution in [0.25, 0.3) is 0 Å². The van der Waals surface area contributed by atoms with Gasteiger partial charge in [-0.1, -0.05) is 55.5 Å². The highest BCUT2D eigenvalue weighted by Crippen LogP contribution is 2.35. The van der Waals surface area contributed by atoms with Crippen LogP contribution in [0, 0.1) is 11.8 Å². The molecule has 0 atom stereocenters. The van der Waals surface area contributed by atoms with Gasteiger partial charge in [-0.3, -0.25) is 0 Å². The SMILES string of the molecule is CCC[Si]1CCC(c2ccc(C#Cc3ccc(OC(F)(F)F)cc3)cc2)CC1. The van der Waals surface area contributed by atoms with E-state index >= 15 is 0 Å². The summed E-state index contributed by atoms with van der Waals surface area (Å²) in [5.74, 6) is 6.50. The van der Waals surface area contributed by atoms with E-state index in [0.29, 0.717) is 11.5 Å². The number of alkyl halides is 3. The topological polar surface area (TPSA) is 9.23 Å². The van der Waals surface area contributed by atoms with Crippen molar-refractivity contribution in [2.75, 3.05) is 0 Å². The average Bonchev–Trinajstić information content (AvgIpc) is 2.68. The van der Waals surface area contributed by atoms with E-state index in [2.05, 4.69) is 35.6 Å².